The second-order valence-corrected chi connectivity index (χ2v) is 10.7. The first kappa shape index (κ1) is 25.9. The molecule has 0 bridgehead atoms. The molecule has 4 aromatic rings. The monoisotopic (exact) mass is 529 g/mol. The lowest BCUT2D eigenvalue weighted by molar-refractivity contribution is 0.0947. The third-order valence-corrected chi connectivity index (χ3v) is 7.66. The first-order chi connectivity index (χ1) is 18.4. The van der Waals surface area contributed by atoms with Crippen LogP contribution in [0.4, 0.5) is 0 Å². The molecule has 3 N–H and O–H groups in total. The van der Waals surface area contributed by atoms with Gasteiger partial charge >= 0.3 is 0 Å². The van der Waals surface area contributed by atoms with Crippen molar-refractivity contribution >= 4 is 17.7 Å². The zero-order valence-electron chi connectivity index (χ0n) is 21.5. The van der Waals surface area contributed by atoms with Crippen molar-refractivity contribution in [1.82, 2.24) is 15.4 Å². The number of hydrogen-bond donors (Lipinski definition) is 3. The van der Waals surface area contributed by atoms with Crippen molar-refractivity contribution in [1.29, 1.82) is 0 Å². The first-order valence-corrected chi connectivity index (χ1v) is 13.9. The van der Waals surface area contributed by atoms with Crippen LogP contribution in [0.5, 0.6) is 11.5 Å². The predicted molar refractivity (Wildman–Crippen MR) is 151 cm³/mol. The Bertz CT molecular complexity index is 1430. The molecule has 0 atom stereocenters. The number of nitrogens with zero attached hydrogens (tertiary/aromatic N) is 2. The molecule has 0 aliphatic carbocycles. The number of phenols is 2. The van der Waals surface area contributed by atoms with Gasteiger partial charge in [-0.2, -0.15) is 11.8 Å². The first-order valence-electron chi connectivity index (χ1n) is 12.7. The highest BCUT2D eigenvalue weighted by molar-refractivity contribution is 7.99. The fraction of sp³-hybridized carbons (Fsp3) is 0.267. The summed E-state index contributed by atoms with van der Waals surface area (Å²) in [6.45, 7) is 7.30. The fourth-order valence-electron chi connectivity index (χ4n) is 4.66. The third kappa shape index (κ3) is 5.42. The van der Waals surface area contributed by atoms with Crippen molar-refractivity contribution in [2.24, 2.45) is 0 Å². The van der Waals surface area contributed by atoms with Gasteiger partial charge in [-0.1, -0.05) is 59.3 Å². The van der Waals surface area contributed by atoms with Crippen LogP contribution < -0.4 is 5.32 Å². The maximum Gasteiger partial charge on any atom is 0.274 e. The summed E-state index contributed by atoms with van der Waals surface area (Å²) in [5, 5.41) is 28.4. The van der Waals surface area contributed by atoms with E-state index in [-0.39, 0.29) is 28.9 Å². The van der Waals surface area contributed by atoms with Crippen LogP contribution in [0.15, 0.2) is 65.2 Å². The van der Waals surface area contributed by atoms with E-state index in [9.17, 15) is 15.0 Å². The molecule has 196 valence electrons. The van der Waals surface area contributed by atoms with Gasteiger partial charge in [0.1, 0.15) is 11.5 Å². The van der Waals surface area contributed by atoms with Crippen molar-refractivity contribution in [2.45, 2.75) is 20.4 Å². The van der Waals surface area contributed by atoms with Gasteiger partial charge < -0.3 is 20.1 Å². The number of aromatic hydroxyl groups is 2. The molecular formula is C30H31N3O4S. The number of hydrogen-bond acceptors (Lipinski definition) is 7. The van der Waals surface area contributed by atoms with Crippen LogP contribution in [0.25, 0.3) is 33.6 Å². The topological polar surface area (TPSA) is 98.8 Å². The molecule has 3 aromatic carbocycles. The lowest BCUT2D eigenvalue weighted by atomic mass is 9.94. The number of phenolic OH excluding ortho intramolecular Hbond substituents is 2. The Labute approximate surface area is 226 Å². The highest BCUT2D eigenvalue weighted by Gasteiger charge is 2.27. The summed E-state index contributed by atoms with van der Waals surface area (Å²) in [6, 6.07) is 18.7. The molecule has 0 saturated carbocycles. The van der Waals surface area contributed by atoms with E-state index in [0.29, 0.717) is 23.2 Å². The summed E-state index contributed by atoms with van der Waals surface area (Å²) in [7, 11) is 0. The van der Waals surface area contributed by atoms with Crippen LogP contribution in [0.3, 0.4) is 0 Å². The summed E-state index contributed by atoms with van der Waals surface area (Å²) >= 11 is 1.99. The van der Waals surface area contributed by atoms with Gasteiger partial charge in [0.2, 0.25) is 0 Å². The van der Waals surface area contributed by atoms with Gasteiger partial charge in [0.25, 0.3) is 5.91 Å². The minimum Gasteiger partial charge on any atom is -0.507 e. The van der Waals surface area contributed by atoms with E-state index in [1.807, 2.05) is 62.0 Å². The summed E-state index contributed by atoms with van der Waals surface area (Å²) in [4.78, 5) is 15.4. The Balaban J connectivity index is 1.57. The summed E-state index contributed by atoms with van der Waals surface area (Å²) < 4.78 is 5.72. The van der Waals surface area contributed by atoms with Crippen LogP contribution in [0.2, 0.25) is 0 Å². The zero-order chi connectivity index (χ0) is 26.6. The predicted octanol–water partition coefficient (Wildman–Crippen LogP) is 5.69. The number of amides is 1. The van der Waals surface area contributed by atoms with Crippen LogP contribution in [0, 0.1) is 6.92 Å². The second-order valence-electron chi connectivity index (χ2n) is 9.43. The number of carbonyl (C=O) groups is 1. The molecule has 38 heavy (non-hydrogen) atoms. The van der Waals surface area contributed by atoms with Crippen LogP contribution in [0.1, 0.15) is 28.5 Å². The Hall–Kier alpha value is -3.75. The van der Waals surface area contributed by atoms with Gasteiger partial charge in [0, 0.05) is 49.3 Å². The highest BCUT2D eigenvalue weighted by Crippen LogP contribution is 2.44. The molecule has 0 spiro atoms. The molecule has 8 heteroatoms. The number of nitrogens with one attached hydrogen (secondary N) is 1. The molecule has 2 heterocycles. The van der Waals surface area contributed by atoms with Gasteiger partial charge in [-0.25, -0.2) is 0 Å². The van der Waals surface area contributed by atoms with Gasteiger partial charge in [-0.15, -0.1) is 0 Å². The van der Waals surface area contributed by atoms with E-state index in [1.54, 1.807) is 6.07 Å². The molecule has 1 fully saturated rings. The SMILES string of the molecule is CCNC(=O)c1noc(-c2cc(-c3ccc(C)cc3)c(O)cc2O)c1-c1ccc(CN2CCSCC2)cc1. The molecule has 0 unspecified atom stereocenters. The van der Waals surface area contributed by atoms with Crippen molar-refractivity contribution in [3.8, 4) is 45.1 Å². The van der Waals surface area contributed by atoms with Crippen LogP contribution in [-0.2, 0) is 6.54 Å². The molecule has 7 nitrogen and oxygen atoms in total. The molecule has 0 radical (unpaired) electrons. The minimum atomic E-state index is -0.357. The van der Waals surface area contributed by atoms with E-state index in [2.05, 4.69) is 27.5 Å². The Morgan fingerprint density at radius 2 is 1.63 bits per heavy atom. The molecule has 5 rings (SSSR count). The lowest BCUT2D eigenvalue weighted by Crippen LogP contribution is -2.31. The van der Waals surface area contributed by atoms with Crippen molar-refractivity contribution in [2.75, 3.05) is 31.1 Å². The molecule has 1 aliphatic heterocycles. The molecule has 1 amide bonds. The van der Waals surface area contributed by atoms with E-state index < -0.39 is 0 Å². The number of rotatable bonds is 7. The largest absolute Gasteiger partial charge is 0.507 e. The average molecular weight is 530 g/mol. The maximum atomic E-state index is 12.9. The maximum absolute atomic E-state index is 12.9. The average Bonchev–Trinajstić information content (AvgIpc) is 3.36. The molecule has 1 aliphatic rings. The van der Waals surface area contributed by atoms with E-state index in [4.69, 9.17) is 4.52 Å². The Morgan fingerprint density at radius 3 is 2.32 bits per heavy atom. The van der Waals surface area contributed by atoms with E-state index in [0.717, 1.165) is 47.8 Å². The van der Waals surface area contributed by atoms with Crippen molar-refractivity contribution < 1.29 is 19.5 Å². The summed E-state index contributed by atoms with van der Waals surface area (Å²) in [5.74, 6) is 1.98. The smallest absolute Gasteiger partial charge is 0.274 e. The molecule has 1 saturated heterocycles. The van der Waals surface area contributed by atoms with Crippen LogP contribution >= 0.6 is 11.8 Å². The highest BCUT2D eigenvalue weighted by atomic mass is 32.2. The Kier molecular flexibility index (Phi) is 7.72. The number of aromatic nitrogens is 1. The lowest BCUT2D eigenvalue weighted by Gasteiger charge is -2.26. The van der Waals surface area contributed by atoms with Gasteiger partial charge in [0.15, 0.2) is 11.5 Å². The van der Waals surface area contributed by atoms with Crippen molar-refractivity contribution in [3.05, 3.63) is 77.5 Å². The second kappa shape index (κ2) is 11.3. The fourth-order valence-corrected chi connectivity index (χ4v) is 5.64. The van der Waals surface area contributed by atoms with Gasteiger partial charge in [-0.3, -0.25) is 9.69 Å². The van der Waals surface area contributed by atoms with Gasteiger partial charge in [0.05, 0.1) is 11.1 Å². The number of thioether (sulfide) groups is 1. The normalized spacial score (nSPS) is 13.9. The number of aryl methyl sites for hydroxylation is 1. The van der Waals surface area contributed by atoms with E-state index >= 15 is 0 Å². The number of carbonyl (C=O) groups excluding carboxylic acids is 1. The van der Waals surface area contributed by atoms with Crippen molar-refractivity contribution in [3.63, 3.8) is 0 Å². The quantitative estimate of drug-likeness (QED) is 0.283. The molecule has 1 aromatic heterocycles. The standard InChI is InChI=1S/C30H31N3O4S/c1-3-31-30(36)28-27(22-10-6-20(7-11-22)18-33-12-14-38-15-13-33)29(37-32-28)24-16-23(25(34)17-26(24)35)21-8-4-19(2)5-9-21/h4-11,16-17,34-35H,3,12-15,18H2,1-2H3,(H,31,36). The summed E-state index contributed by atoms with van der Waals surface area (Å²) in [5.41, 5.74) is 5.34. The summed E-state index contributed by atoms with van der Waals surface area (Å²) in [6.07, 6.45) is 0. The van der Waals surface area contributed by atoms with Crippen LogP contribution in [-0.4, -0.2) is 57.3 Å². The minimum absolute atomic E-state index is 0.0550. The van der Waals surface area contributed by atoms with Gasteiger partial charge in [-0.05, 0) is 36.6 Å². The third-order valence-electron chi connectivity index (χ3n) is 6.72. The Morgan fingerprint density at radius 1 is 0.974 bits per heavy atom. The molecular weight excluding hydrogens is 498 g/mol. The zero-order valence-corrected chi connectivity index (χ0v) is 22.3. The number of benzene rings is 3. The van der Waals surface area contributed by atoms with E-state index in [1.165, 1.54) is 11.6 Å².